The maximum absolute atomic E-state index is 13.0. The Morgan fingerprint density at radius 2 is 2.06 bits per heavy atom. The fourth-order valence-electron chi connectivity index (χ4n) is 4.48. The van der Waals surface area contributed by atoms with Gasteiger partial charge in [0.15, 0.2) is 5.82 Å². The maximum atomic E-state index is 13.0. The molecule has 2 aromatic rings. The smallest absolute Gasteiger partial charge is 0.261 e. The summed E-state index contributed by atoms with van der Waals surface area (Å²) in [5.74, 6) is -0.404. The van der Waals surface area contributed by atoms with Gasteiger partial charge in [-0.25, -0.2) is 4.98 Å². The topological polar surface area (TPSA) is 92.9 Å². The monoisotopic (exact) mass is 444 g/mol. The number of hydrogen-bond acceptors (Lipinski definition) is 6. The molecule has 1 aromatic heterocycles. The third-order valence-electron chi connectivity index (χ3n) is 6.31. The van der Waals surface area contributed by atoms with Crippen LogP contribution in [0.25, 0.3) is 0 Å². The second-order valence-electron chi connectivity index (χ2n) is 8.62. The van der Waals surface area contributed by atoms with Crippen LogP contribution in [0.2, 0.25) is 0 Å². The molecular formula is C25H28N6O2. The number of nitrogens with zero attached hydrogens (tertiary/aromatic N) is 6. The number of hydrogen-bond donors (Lipinski definition) is 0. The molecule has 1 fully saturated rings. The van der Waals surface area contributed by atoms with Gasteiger partial charge in [0, 0.05) is 38.1 Å². The molecule has 8 heteroatoms. The zero-order valence-corrected chi connectivity index (χ0v) is 19.2. The summed E-state index contributed by atoms with van der Waals surface area (Å²) in [7, 11) is 0. The van der Waals surface area contributed by atoms with Gasteiger partial charge in [0.1, 0.15) is 5.92 Å². The van der Waals surface area contributed by atoms with Crippen LogP contribution in [0.1, 0.15) is 53.2 Å². The molecule has 4 rings (SSSR count). The van der Waals surface area contributed by atoms with Crippen molar-refractivity contribution in [3.63, 3.8) is 0 Å². The van der Waals surface area contributed by atoms with Crippen molar-refractivity contribution in [2.75, 3.05) is 31.2 Å². The average molecular weight is 445 g/mol. The number of carbonyl (C=O) groups excluding carboxylic acids is 2. The van der Waals surface area contributed by atoms with Crippen molar-refractivity contribution >= 4 is 23.8 Å². The number of carbonyl (C=O) groups is 2. The number of hydrazone groups is 1. The van der Waals surface area contributed by atoms with Crippen LogP contribution in [0, 0.1) is 18.3 Å². The fraction of sp³-hybridized carbons (Fsp3) is 0.400. The van der Waals surface area contributed by atoms with Crippen LogP contribution in [-0.2, 0) is 4.79 Å². The number of pyridine rings is 1. The molecule has 0 saturated carbocycles. The SMILES string of the molecule is CCCN1CCN(C(=O)c2ccc(N3N=CC(c4ccc(C#N)cc4C)C3=O)nc2)CC1C. The quantitative estimate of drug-likeness (QED) is 0.707. The minimum absolute atomic E-state index is 0.0422. The van der Waals surface area contributed by atoms with Gasteiger partial charge in [0.05, 0.1) is 17.2 Å². The molecule has 0 spiro atoms. The average Bonchev–Trinajstić information content (AvgIpc) is 3.21. The van der Waals surface area contributed by atoms with E-state index in [0.29, 0.717) is 36.1 Å². The Hall–Kier alpha value is -3.57. The molecule has 1 saturated heterocycles. The summed E-state index contributed by atoms with van der Waals surface area (Å²) in [4.78, 5) is 34.6. The van der Waals surface area contributed by atoms with Crippen molar-refractivity contribution in [2.24, 2.45) is 5.10 Å². The number of piperazine rings is 1. The number of anilines is 1. The lowest BCUT2D eigenvalue weighted by atomic mass is 9.94. The van der Waals surface area contributed by atoms with Gasteiger partial charge in [-0.3, -0.25) is 14.5 Å². The van der Waals surface area contributed by atoms with Gasteiger partial charge < -0.3 is 4.90 Å². The van der Waals surface area contributed by atoms with E-state index in [1.165, 1.54) is 11.2 Å². The molecule has 1 aromatic carbocycles. The summed E-state index contributed by atoms with van der Waals surface area (Å²) >= 11 is 0. The molecule has 2 unspecified atom stereocenters. The first-order valence-electron chi connectivity index (χ1n) is 11.3. The number of benzene rings is 1. The van der Waals surface area contributed by atoms with E-state index in [-0.39, 0.29) is 11.8 Å². The highest BCUT2D eigenvalue weighted by molar-refractivity contribution is 6.12. The van der Waals surface area contributed by atoms with Crippen molar-refractivity contribution in [1.29, 1.82) is 5.26 Å². The van der Waals surface area contributed by atoms with Crippen molar-refractivity contribution < 1.29 is 9.59 Å². The third kappa shape index (κ3) is 4.50. The minimum atomic E-state index is -0.526. The van der Waals surface area contributed by atoms with Crippen LogP contribution in [0.15, 0.2) is 41.6 Å². The molecule has 3 heterocycles. The molecule has 2 aliphatic rings. The highest BCUT2D eigenvalue weighted by Crippen LogP contribution is 2.28. The molecular weight excluding hydrogens is 416 g/mol. The second-order valence-corrected chi connectivity index (χ2v) is 8.62. The van der Waals surface area contributed by atoms with Crippen LogP contribution in [0.3, 0.4) is 0 Å². The molecule has 0 N–H and O–H groups in total. The summed E-state index contributed by atoms with van der Waals surface area (Å²) in [6.45, 7) is 9.51. The molecule has 2 aliphatic heterocycles. The van der Waals surface area contributed by atoms with Gasteiger partial charge in [-0.15, -0.1) is 0 Å². The summed E-state index contributed by atoms with van der Waals surface area (Å²) in [6.07, 6.45) is 4.21. The van der Waals surface area contributed by atoms with Crippen molar-refractivity contribution in [2.45, 2.75) is 39.2 Å². The van der Waals surface area contributed by atoms with Crippen molar-refractivity contribution in [3.05, 3.63) is 58.8 Å². The predicted octanol–water partition coefficient (Wildman–Crippen LogP) is 2.93. The first-order valence-corrected chi connectivity index (χ1v) is 11.3. The van der Waals surface area contributed by atoms with E-state index in [4.69, 9.17) is 5.26 Å². The zero-order chi connectivity index (χ0) is 23.5. The number of aryl methyl sites for hydroxylation is 1. The van der Waals surface area contributed by atoms with Crippen LogP contribution < -0.4 is 5.01 Å². The highest BCUT2D eigenvalue weighted by atomic mass is 16.2. The van der Waals surface area contributed by atoms with Crippen molar-refractivity contribution in [1.82, 2.24) is 14.8 Å². The van der Waals surface area contributed by atoms with E-state index < -0.39 is 5.92 Å². The molecule has 170 valence electrons. The van der Waals surface area contributed by atoms with Gasteiger partial charge in [-0.05, 0) is 62.2 Å². The second kappa shape index (κ2) is 9.51. The molecule has 8 nitrogen and oxygen atoms in total. The van der Waals surface area contributed by atoms with Gasteiger partial charge in [0.2, 0.25) is 0 Å². The van der Waals surface area contributed by atoms with Crippen LogP contribution >= 0.6 is 0 Å². The Kier molecular flexibility index (Phi) is 6.52. The van der Waals surface area contributed by atoms with E-state index >= 15 is 0 Å². The normalized spacial score (nSPS) is 20.8. The van der Waals surface area contributed by atoms with E-state index in [2.05, 4.69) is 34.9 Å². The lowest BCUT2D eigenvalue weighted by Gasteiger charge is -2.39. The van der Waals surface area contributed by atoms with E-state index in [1.807, 2.05) is 11.8 Å². The minimum Gasteiger partial charge on any atom is -0.336 e. The molecule has 0 radical (unpaired) electrons. The zero-order valence-electron chi connectivity index (χ0n) is 19.2. The Bertz CT molecular complexity index is 1120. The third-order valence-corrected chi connectivity index (χ3v) is 6.31. The lowest BCUT2D eigenvalue weighted by Crippen LogP contribution is -2.53. The highest BCUT2D eigenvalue weighted by Gasteiger charge is 2.33. The van der Waals surface area contributed by atoms with Gasteiger partial charge in [-0.2, -0.15) is 15.4 Å². The Morgan fingerprint density at radius 3 is 2.70 bits per heavy atom. The number of amides is 2. The first-order chi connectivity index (χ1) is 15.9. The number of nitriles is 1. The Labute approximate surface area is 194 Å². The first kappa shape index (κ1) is 22.6. The van der Waals surface area contributed by atoms with Crippen LogP contribution in [0.5, 0.6) is 0 Å². The van der Waals surface area contributed by atoms with E-state index in [1.54, 1.807) is 36.5 Å². The Balaban J connectivity index is 1.44. The fourth-order valence-corrected chi connectivity index (χ4v) is 4.48. The molecule has 0 aliphatic carbocycles. The molecule has 2 atom stereocenters. The largest absolute Gasteiger partial charge is 0.336 e. The summed E-state index contributed by atoms with van der Waals surface area (Å²) in [5.41, 5.74) is 2.74. The van der Waals surface area contributed by atoms with E-state index in [9.17, 15) is 9.59 Å². The summed E-state index contributed by atoms with van der Waals surface area (Å²) in [6, 6.07) is 11.1. The lowest BCUT2D eigenvalue weighted by molar-refractivity contribution is -0.118. The molecule has 2 amide bonds. The standard InChI is InChI=1S/C25H28N6O2/c1-4-9-29-10-11-30(16-18(29)3)24(32)20-6-8-23(27-14-20)31-25(33)22(15-28-31)21-7-5-19(13-26)12-17(21)2/h5-8,12,14-15,18,22H,4,9-11,16H2,1-3H3. The summed E-state index contributed by atoms with van der Waals surface area (Å²) < 4.78 is 0. The Morgan fingerprint density at radius 1 is 1.24 bits per heavy atom. The van der Waals surface area contributed by atoms with E-state index in [0.717, 1.165) is 30.6 Å². The van der Waals surface area contributed by atoms with Crippen LogP contribution in [-0.4, -0.2) is 65.0 Å². The predicted molar refractivity (Wildman–Crippen MR) is 126 cm³/mol. The van der Waals surface area contributed by atoms with Gasteiger partial charge >= 0.3 is 0 Å². The van der Waals surface area contributed by atoms with Gasteiger partial charge in [-0.1, -0.05) is 13.0 Å². The van der Waals surface area contributed by atoms with Crippen molar-refractivity contribution in [3.8, 4) is 6.07 Å². The molecule has 0 bridgehead atoms. The number of aromatic nitrogens is 1. The van der Waals surface area contributed by atoms with Gasteiger partial charge in [0.25, 0.3) is 11.8 Å². The molecule has 33 heavy (non-hydrogen) atoms. The summed E-state index contributed by atoms with van der Waals surface area (Å²) in [5, 5.41) is 14.6. The number of rotatable bonds is 5. The maximum Gasteiger partial charge on any atom is 0.261 e. The van der Waals surface area contributed by atoms with Crippen LogP contribution in [0.4, 0.5) is 5.82 Å².